The number of benzene rings is 1. The maximum absolute atomic E-state index is 13.3. The average Bonchev–Trinajstić information content (AvgIpc) is 2.40. The molecule has 18 heavy (non-hydrogen) atoms. The highest BCUT2D eigenvalue weighted by Crippen LogP contribution is 2.14. The van der Waals surface area contributed by atoms with Crippen molar-refractivity contribution < 1.29 is 18.3 Å². The van der Waals surface area contributed by atoms with E-state index in [4.69, 9.17) is 4.74 Å². The molecule has 1 aromatic carbocycles. The third-order valence-electron chi connectivity index (χ3n) is 2.72. The Kier molecular flexibility index (Phi) is 4.09. The lowest BCUT2D eigenvalue weighted by Crippen LogP contribution is -2.43. The highest BCUT2D eigenvalue weighted by atomic mass is 19.1. The van der Waals surface area contributed by atoms with Gasteiger partial charge in [0.05, 0.1) is 25.4 Å². The van der Waals surface area contributed by atoms with E-state index in [1.807, 2.05) is 0 Å². The van der Waals surface area contributed by atoms with Gasteiger partial charge in [-0.25, -0.2) is 8.78 Å². The van der Waals surface area contributed by atoms with E-state index < -0.39 is 11.6 Å². The molecule has 0 aliphatic carbocycles. The predicted molar refractivity (Wildman–Crippen MR) is 62.2 cm³/mol. The molecule has 1 amide bonds. The first-order chi connectivity index (χ1) is 8.66. The average molecular weight is 256 g/mol. The lowest BCUT2D eigenvalue weighted by atomic mass is 10.3. The van der Waals surface area contributed by atoms with Gasteiger partial charge >= 0.3 is 0 Å². The summed E-state index contributed by atoms with van der Waals surface area (Å²) in [7, 11) is 0. The molecule has 1 fully saturated rings. The fourth-order valence-corrected chi connectivity index (χ4v) is 1.73. The summed E-state index contributed by atoms with van der Waals surface area (Å²) in [6, 6.07) is 3.09. The number of hydrogen-bond donors (Lipinski definition) is 1. The first kappa shape index (κ1) is 12.8. The number of amides is 1. The van der Waals surface area contributed by atoms with Gasteiger partial charge in [0, 0.05) is 13.1 Å². The van der Waals surface area contributed by atoms with E-state index in [-0.39, 0.29) is 18.1 Å². The Hall–Kier alpha value is -1.69. The van der Waals surface area contributed by atoms with Gasteiger partial charge in [0.25, 0.3) is 0 Å². The van der Waals surface area contributed by atoms with Crippen LogP contribution in [0.3, 0.4) is 0 Å². The second-order valence-corrected chi connectivity index (χ2v) is 3.97. The summed E-state index contributed by atoms with van der Waals surface area (Å²) < 4.78 is 31.3. The zero-order valence-electron chi connectivity index (χ0n) is 9.79. The SMILES string of the molecule is O=C(CNc1cc(F)ccc1F)N1CCOCC1. The van der Waals surface area contributed by atoms with Crippen LogP contribution in [0.2, 0.25) is 0 Å². The van der Waals surface area contributed by atoms with Gasteiger partial charge in [-0.1, -0.05) is 0 Å². The molecule has 1 aliphatic rings. The zero-order valence-corrected chi connectivity index (χ0v) is 9.79. The van der Waals surface area contributed by atoms with Crippen molar-refractivity contribution in [3.8, 4) is 0 Å². The first-order valence-corrected chi connectivity index (χ1v) is 5.71. The van der Waals surface area contributed by atoms with E-state index in [0.29, 0.717) is 26.3 Å². The molecule has 1 saturated heterocycles. The van der Waals surface area contributed by atoms with Gasteiger partial charge < -0.3 is 15.0 Å². The van der Waals surface area contributed by atoms with Gasteiger partial charge in [0.1, 0.15) is 11.6 Å². The third-order valence-corrected chi connectivity index (χ3v) is 2.72. The Bertz CT molecular complexity index is 434. The number of carbonyl (C=O) groups excluding carboxylic acids is 1. The minimum absolute atomic E-state index is 0.00314. The summed E-state index contributed by atoms with van der Waals surface area (Å²) in [5, 5.41) is 2.60. The number of nitrogens with zero attached hydrogens (tertiary/aromatic N) is 1. The minimum atomic E-state index is -0.578. The zero-order chi connectivity index (χ0) is 13.0. The van der Waals surface area contributed by atoms with E-state index in [2.05, 4.69) is 5.32 Å². The molecule has 4 nitrogen and oxygen atoms in total. The minimum Gasteiger partial charge on any atom is -0.378 e. The van der Waals surface area contributed by atoms with Gasteiger partial charge in [0.15, 0.2) is 0 Å². The lowest BCUT2D eigenvalue weighted by molar-refractivity contribution is -0.133. The van der Waals surface area contributed by atoms with Gasteiger partial charge in [-0.2, -0.15) is 0 Å². The fraction of sp³-hybridized carbons (Fsp3) is 0.417. The highest BCUT2D eigenvalue weighted by molar-refractivity contribution is 5.81. The smallest absolute Gasteiger partial charge is 0.242 e. The van der Waals surface area contributed by atoms with Gasteiger partial charge in [0.2, 0.25) is 5.91 Å². The van der Waals surface area contributed by atoms with Crippen LogP contribution >= 0.6 is 0 Å². The Morgan fingerprint density at radius 2 is 2.06 bits per heavy atom. The molecule has 0 atom stereocenters. The van der Waals surface area contributed by atoms with Gasteiger partial charge in [-0.3, -0.25) is 4.79 Å². The van der Waals surface area contributed by atoms with Crippen LogP contribution in [0.1, 0.15) is 0 Å². The number of halogens is 2. The lowest BCUT2D eigenvalue weighted by Gasteiger charge is -2.27. The molecule has 0 spiro atoms. The van der Waals surface area contributed by atoms with Crippen LogP contribution in [0, 0.1) is 11.6 Å². The summed E-state index contributed by atoms with van der Waals surface area (Å²) in [5.41, 5.74) is -0.00314. The van der Waals surface area contributed by atoms with Crippen LogP contribution < -0.4 is 5.32 Å². The number of rotatable bonds is 3. The van der Waals surface area contributed by atoms with Crippen LogP contribution in [0.15, 0.2) is 18.2 Å². The van der Waals surface area contributed by atoms with Crippen molar-refractivity contribution in [1.82, 2.24) is 4.90 Å². The Balaban J connectivity index is 1.90. The molecule has 0 bridgehead atoms. The highest BCUT2D eigenvalue weighted by Gasteiger charge is 2.16. The third kappa shape index (κ3) is 3.16. The fourth-order valence-electron chi connectivity index (χ4n) is 1.73. The van der Waals surface area contributed by atoms with Crippen LogP contribution in [0.25, 0.3) is 0 Å². The Morgan fingerprint density at radius 3 is 2.78 bits per heavy atom. The topological polar surface area (TPSA) is 41.6 Å². The quantitative estimate of drug-likeness (QED) is 0.884. The monoisotopic (exact) mass is 256 g/mol. The van der Waals surface area contributed by atoms with E-state index in [0.717, 1.165) is 18.2 Å². The Morgan fingerprint density at radius 1 is 1.33 bits per heavy atom. The number of ether oxygens (including phenoxy) is 1. The van der Waals surface area contributed by atoms with Crippen molar-refractivity contribution in [2.24, 2.45) is 0 Å². The molecular formula is C12H14F2N2O2. The molecule has 0 unspecified atom stereocenters. The van der Waals surface area contributed by atoms with Crippen molar-refractivity contribution in [3.63, 3.8) is 0 Å². The van der Waals surface area contributed by atoms with Gasteiger partial charge in [-0.05, 0) is 18.2 Å². The molecule has 1 aliphatic heterocycles. The molecule has 1 N–H and O–H groups in total. The summed E-state index contributed by atoms with van der Waals surface area (Å²) in [5.74, 6) is -1.27. The molecule has 0 saturated carbocycles. The van der Waals surface area contributed by atoms with E-state index in [1.165, 1.54) is 0 Å². The summed E-state index contributed by atoms with van der Waals surface area (Å²) in [6.07, 6.45) is 0. The molecular weight excluding hydrogens is 242 g/mol. The summed E-state index contributed by atoms with van der Waals surface area (Å²) in [4.78, 5) is 13.4. The van der Waals surface area contributed by atoms with Crippen LogP contribution in [-0.4, -0.2) is 43.7 Å². The van der Waals surface area contributed by atoms with Crippen LogP contribution in [-0.2, 0) is 9.53 Å². The summed E-state index contributed by atoms with van der Waals surface area (Å²) in [6.45, 7) is 2.04. The standard InChI is InChI=1S/C12H14F2N2O2/c13-9-1-2-10(14)11(7-9)15-8-12(17)16-3-5-18-6-4-16/h1-2,7,15H,3-6,8H2. The molecule has 98 valence electrons. The molecule has 0 aromatic heterocycles. The van der Waals surface area contributed by atoms with E-state index >= 15 is 0 Å². The first-order valence-electron chi connectivity index (χ1n) is 5.71. The van der Waals surface area contributed by atoms with Crippen molar-refractivity contribution in [1.29, 1.82) is 0 Å². The van der Waals surface area contributed by atoms with Crippen LogP contribution in [0.5, 0.6) is 0 Å². The summed E-state index contributed by atoms with van der Waals surface area (Å²) >= 11 is 0. The van der Waals surface area contributed by atoms with Crippen molar-refractivity contribution in [2.75, 3.05) is 38.2 Å². The molecule has 6 heteroatoms. The Labute approximate surface area is 104 Å². The second-order valence-electron chi connectivity index (χ2n) is 3.97. The van der Waals surface area contributed by atoms with Crippen molar-refractivity contribution in [2.45, 2.75) is 0 Å². The van der Waals surface area contributed by atoms with Crippen molar-refractivity contribution in [3.05, 3.63) is 29.8 Å². The van der Waals surface area contributed by atoms with E-state index in [9.17, 15) is 13.6 Å². The van der Waals surface area contributed by atoms with Gasteiger partial charge in [-0.15, -0.1) is 0 Å². The molecule has 0 radical (unpaired) electrons. The second kappa shape index (κ2) is 5.77. The normalized spacial score (nSPS) is 15.6. The number of hydrogen-bond acceptors (Lipinski definition) is 3. The maximum atomic E-state index is 13.3. The number of carbonyl (C=O) groups is 1. The van der Waals surface area contributed by atoms with E-state index in [1.54, 1.807) is 4.90 Å². The predicted octanol–water partition coefficient (Wildman–Crippen LogP) is 1.24. The largest absolute Gasteiger partial charge is 0.378 e. The van der Waals surface area contributed by atoms with Crippen LogP contribution in [0.4, 0.5) is 14.5 Å². The maximum Gasteiger partial charge on any atom is 0.242 e. The number of morpholine rings is 1. The molecule has 2 rings (SSSR count). The number of anilines is 1. The number of nitrogens with one attached hydrogen (secondary N) is 1. The molecule has 1 heterocycles. The van der Waals surface area contributed by atoms with Crippen molar-refractivity contribution >= 4 is 11.6 Å². The molecule has 1 aromatic rings.